The first-order valence-corrected chi connectivity index (χ1v) is 5.50. The fourth-order valence-electron chi connectivity index (χ4n) is 2.51. The zero-order chi connectivity index (χ0) is 11.8. The lowest BCUT2D eigenvalue weighted by Gasteiger charge is -2.30. The standard InChI is InChI=1S/C12H18N2O2/c1-14(2)10(9-5-4-8-13-9)12(6-7-12)11(15)16-3/h4-5,8,10,13H,6-7H2,1-3H3. The zero-order valence-electron chi connectivity index (χ0n) is 9.99. The number of methoxy groups -OCH3 is 1. The molecule has 0 spiro atoms. The first kappa shape index (κ1) is 11.2. The molecule has 1 aliphatic rings. The molecule has 0 aliphatic heterocycles. The molecule has 1 N–H and O–H groups in total. The normalized spacial score (nSPS) is 19.5. The quantitative estimate of drug-likeness (QED) is 0.786. The Labute approximate surface area is 95.6 Å². The van der Waals surface area contributed by atoms with Crippen LogP contribution in [-0.2, 0) is 9.53 Å². The van der Waals surface area contributed by atoms with Crippen molar-refractivity contribution in [3.8, 4) is 0 Å². The maximum Gasteiger partial charge on any atom is 0.313 e. The average molecular weight is 222 g/mol. The smallest absolute Gasteiger partial charge is 0.313 e. The number of H-pyrrole nitrogens is 1. The van der Waals surface area contributed by atoms with Gasteiger partial charge in [-0.1, -0.05) is 0 Å². The van der Waals surface area contributed by atoms with Gasteiger partial charge in [0, 0.05) is 11.9 Å². The molecule has 2 rings (SSSR count). The Morgan fingerprint density at radius 2 is 2.25 bits per heavy atom. The Balaban J connectivity index is 2.31. The summed E-state index contributed by atoms with van der Waals surface area (Å²) in [7, 11) is 5.45. The van der Waals surface area contributed by atoms with Crippen LogP contribution >= 0.6 is 0 Å². The van der Waals surface area contributed by atoms with Crippen molar-refractivity contribution in [2.75, 3.05) is 21.2 Å². The fraction of sp³-hybridized carbons (Fsp3) is 0.583. The predicted molar refractivity (Wildman–Crippen MR) is 60.9 cm³/mol. The maximum atomic E-state index is 11.9. The summed E-state index contributed by atoms with van der Waals surface area (Å²) in [4.78, 5) is 17.1. The monoisotopic (exact) mass is 222 g/mol. The van der Waals surface area contributed by atoms with E-state index in [0.29, 0.717) is 0 Å². The number of carbonyl (C=O) groups is 1. The molecule has 16 heavy (non-hydrogen) atoms. The lowest BCUT2D eigenvalue weighted by atomic mass is 9.92. The third-order valence-corrected chi connectivity index (χ3v) is 3.34. The molecule has 0 radical (unpaired) electrons. The van der Waals surface area contributed by atoms with Gasteiger partial charge in [0.05, 0.1) is 18.6 Å². The van der Waals surface area contributed by atoms with Crippen LogP contribution in [0.2, 0.25) is 0 Å². The third-order valence-electron chi connectivity index (χ3n) is 3.34. The van der Waals surface area contributed by atoms with Gasteiger partial charge in [-0.25, -0.2) is 0 Å². The molecular formula is C12H18N2O2. The largest absolute Gasteiger partial charge is 0.469 e. The van der Waals surface area contributed by atoms with Gasteiger partial charge in [0.2, 0.25) is 0 Å². The van der Waals surface area contributed by atoms with Gasteiger partial charge in [-0.05, 0) is 39.1 Å². The van der Waals surface area contributed by atoms with Crippen LogP contribution in [0.5, 0.6) is 0 Å². The Morgan fingerprint density at radius 3 is 2.62 bits per heavy atom. The van der Waals surface area contributed by atoms with Crippen molar-refractivity contribution < 1.29 is 9.53 Å². The molecule has 0 amide bonds. The summed E-state index contributed by atoms with van der Waals surface area (Å²) in [5, 5.41) is 0. The van der Waals surface area contributed by atoms with Gasteiger partial charge < -0.3 is 14.6 Å². The van der Waals surface area contributed by atoms with Crippen molar-refractivity contribution >= 4 is 5.97 Å². The molecule has 88 valence electrons. The van der Waals surface area contributed by atoms with Gasteiger partial charge in [0.15, 0.2) is 0 Å². The molecule has 1 aromatic rings. The molecule has 1 unspecified atom stereocenters. The Bertz CT molecular complexity index is 366. The third kappa shape index (κ3) is 1.63. The van der Waals surface area contributed by atoms with Crippen LogP contribution in [0.4, 0.5) is 0 Å². The van der Waals surface area contributed by atoms with Gasteiger partial charge in [-0.3, -0.25) is 4.79 Å². The van der Waals surface area contributed by atoms with E-state index in [1.165, 1.54) is 7.11 Å². The number of nitrogens with one attached hydrogen (secondary N) is 1. The highest BCUT2D eigenvalue weighted by Crippen LogP contribution is 2.57. The first-order valence-electron chi connectivity index (χ1n) is 5.50. The molecule has 1 aromatic heterocycles. The van der Waals surface area contributed by atoms with Crippen molar-refractivity contribution in [1.82, 2.24) is 9.88 Å². The molecule has 0 bridgehead atoms. The molecule has 1 heterocycles. The molecule has 4 heteroatoms. The molecule has 4 nitrogen and oxygen atoms in total. The number of nitrogens with zero attached hydrogens (tertiary/aromatic N) is 1. The van der Waals surface area contributed by atoms with Gasteiger partial charge in [-0.2, -0.15) is 0 Å². The van der Waals surface area contributed by atoms with Crippen molar-refractivity contribution in [2.45, 2.75) is 18.9 Å². The van der Waals surface area contributed by atoms with E-state index in [4.69, 9.17) is 4.74 Å². The molecular weight excluding hydrogens is 204 g/mol. The summed E-state index contributed by atoms with van der Waals surface area (Å²) >= 11 is 0. The van der Waals surface area contributed by atoms with Crippen LogP contribution in [0.15, 0.2) is 18.3 Å². The van der Waals surface area contributed by atoms with Crippen LogP contribution in [0.25, 0.3) is 0 Å². The average Bonchev–Trinajstić information content (AvgIpc) is 2.85. The fourth-order valence-corrected chi connectivity index (χ4v) is 2.51. The number of aromatic amines is 1. The van der Waals surface area contributed by atoms with Crippen molar-refractivity contribution in [2.24, 2.45) is 5.41 Å². The minimum absolute atomic E-state index is 0.0787. The second-order valence-electron chi connectivity index (χ2n) is 4.64. The highest BCUT2D eigenvalue weighted by Gasteiger charge is 2.58. The van der Waals surface area contributed by atoms with Crippen molar-refractivity contribution in [1.29, 1.82) is 0 Å². The van der Waals surface area contributed by atoms with E-state index < -0.39 is 0 Å². The Kier molecular flexibility index (Phi) is 2.76. The number of esters is 1. The van der Waals surface area contributed by atoms with Gasteiger partial charge in [-0.15, -0.1) is 0 Å². The number of ether oxygens (including phenoxy) is 1. The summed E-state index contributed by atoms with van der Waals surface area (Å²) in [6, 6.07) is 4.06. The van der Waals surface area contributed by atoms with Crippen LogP contribution in [0.3, 0.4) is 0 Å². The van der Waals surface area contributed by atoms with Crippen molar-refractivity contribution in [3.05, 3.63) is 24.0 Å². The highest BCUT2D eigenvalue weighted by atomic mass is 16.5. The minimum Gasteiger partial charge on any atom is -0.469 e. The van der Waals surface area contributed by atoms with E-state index >= 15 is 0 Å². The lowest BCUT2D eigenvalue weighted by molar-refractivity contribution is -0.150. The number of aromatic nitrogens is 1. The zero-order valence-corrected chi connectivity index (χ0v) is 9.99. The number of carbonyl (C=O) groups excluding carboxylic acids is 1. The summed E-state index contributed by atoms with van der Waals surface area (Å²) in [5.74, 6) is -0.0965. The van der Waals surface area contributed by atoms with E-state index in [1.54, 1.807) is 0 Å². The van der Waals surface area contributed by atoms with Crippen LogP contribution in [-0.4, -0.2) is 37.1 Å². The molecule has 1 aliphatic carbocycles. The minimum atomic E-state index is -0.344. The van der Waals surface area contributed by atoms with Gasteiger partial charge in [0.1, 0.15) is 0 Å². The molecule has 1 fully saturated rings. The second kappa shape index (κ2) is 3.94. The summed E-state index contributed by atoms with van der Waals surface area (Å²) in [6.07, 6.45) is 3.70. The molecule has 1 atom stereocenters. The van der Waals surface area contributed by atoms with E-state index in [-0.39, 0.29) is 17.4 Å². The maximum absolute atomic E-state index is 11.9. The Morgan fingerprint density at radius 1 is 1.56 bits per heavy atom. The Hall–Kier alpha value is -1.29. The molecule has 0 aromatic carbocycles. The van der Waals surface area contributed by atoms with E-state index in [2.05, 4.69) is 9.88 Å². The van der Waals surface area contributed by atoms with Crippen LogP contribution in [0, 0.1) is 5.41 Å². The lowest BCUT2D eigenvalue weighted by Crippen LogP contribution is -2.34. The summed E-state index contributed by atoms with van der Waals surface area (Å²) < 4.78 is 4.93. The van der Waals surface area contributed by atoms with Gasteiger partial charge >= 0.3 is 5.97 Å². The van der Waals surface area contributed by atoms with Crippen LogP contribution < -0.4 is 0 Å². The van der Waals surface area contributed by atoms with Crippen LogP contribution in [0.1, 0.15) is 24.6 Å². The first-order chi connectivity index (χ1) is 7.62. The molecule has 0 saturated heterocycles. The predicted octanol–water partition coefficient (Wildman–Crippen LogP) is 1.57. The van der Waals surface area contributed by atoms with Gasteiger partial charge in [0.25, 0.3) is 0 Å². The van der Waals surface area contributed by atoms with E-state index in [9.17, 15) is 4.79 Å². The highest BCUT2D eigenvalue weighted by molar-refractivity contribution is 5.81. The van der Waals surface area contributed by atoms with E-state index in [0.717, 1.165) is 18.5 Å². The number of hydrogen-bond donors (Lipinski definition) is 1. The summed E-state index contributed by atoms with van der Waals surface area (Å²) in [5.41, 5.74) is 0.733. The molecule has 1 saturated carbocycles. The number of hydrogen-bond acceptors (Lipinski definition) is 3. The topological polar surface area (TPSA) is 45.3 Å². The van der Waals surface area contributed by atoms with E-state index in [1.807, 2.05) is 32.4 Å². The number of rotatable bonds is 4. The van der Waals surface area contributed by atoms with Crippen molar-refractivity contribution in [3.63, 3.8) is 0 Å². The summed E-state index contributed by atoms with van der Waals surface area (Å²) in [6.45, 7) is 0. The SMILES string of the molecule is COC(=O)C1(C(c2ccc[nH]2)N(C)C)CC1. The second-order valence-corrected chi connectivity index (χ2v) is 4.64.